The lowest BCUT2D eigenvalue weighted by Gasteiger charge is -2.38. The Morgan fingerprint density at radius 2 is 0.984 bits per heavy atom. The van der Waals surface area contributed by atoms with Crippen LogP contribution in [0.3, 0.4) is 0 Å². The smallest absolute Gasteiger partial charge is 0.460 e. The van der Waals surface area contributed by atoms with Crippen molar-refractivity contribution in [3.63, 3.8) is 0 Å². The van der Waals surface area contributed by atoms with Gasteiger partial charge in [-0.1, -0.05) is 50.5 Å². The van der Waals surface area contributed by atoms with Gasteiger partial charge < -0.3 is 18.9 Å². The molecule has 3 rings (SSSR count). The molecule has 0 aliphatic rings. The monoisotopic (exact) mass is 892 g/mol. The fourth-order valence-corrected chi connectivity index (χ4v) is 5.44. The number of hydrogen-bond donors (Lipinski definition) is 0. The summed E-state index contributed by atoms with van der Waals surface area (Å²) < 4.78 is 192. The van der Waals surface area contributed by atoms with Crippen LogP contribution < -0.4 is 9.47 Å². The third-order valence-electron chi connectivity index (χ3n) is 9.11. The maximum atomic E-state index is 13.8. The van der Waals surface area contributed by atoms with Gasteiger partial charge in [-0.05, 0) is 105 Å². The molecule has 0 aliphatic carbocycles. The van der Waals surface area contributed by atoms with Gasteiger partial charge in [0.1, 0.15) is 11.5 Å². The number of halogens is 13. The van der Waals surface area contributed by atoms with Crippen LogP contribution >= 0.6 is 0 Å². The van der Waals surface area contributed by atoms with Crippen molar-refractivity contribution in [2.45, 2.75) is 114 Å². The molecule has 20 heteroatoms. The molecule has 0 N–H and O–H groups in total. The first-order valence-corrected chi connectivity index (χ1v) is 18.8. The molecule has 61 heavy (non-hydrogen) atoms. The SMILES string of the molecule is CCCCCC[C@H](C)OC(=O)c1ccc(-c2ccc(OC(=O)c3ccc(OCCCCCCOC(=O)C(F)(F)C(F)(F)C(F)(F)C(F)(F)C(F)(F)C(F)(F)F)cc3)cc2)cc1. The molecule has 0 amide bonds. The lowest BCUT2D eigenvalue weighted by molar-refractivity contribution is -0.437. The largest absolute Gasteiger partial charge is 0.494 e. The summed E-state index contributed by atoms with van der Waals surface area (Å²) in [5.41, 5.74) is 2.20. The highest BCUT2D eigenvalue weighted by Gasteiger charge is 2.92. The zero-order chi connectivity index (χ0) is 45.9. The molecule has 338 valence electrons. The van der Waals surface area contributed by atoms with Crippen LogP contribution in [0.25, 0.3) is 11.1 Å². The van der Waals surface area contributed by atoms with Gasteiger partial charge in [0.2, 0.25) is 0 Å². The summed E-state index contributed by atoms with van der Waals surface area (Å²) in [5.74, 6) is -42.9. The van der Waals surface area contributed by atoms with Crippen LogP contribution in [0.5, 0.6) is 11.5 Å². The summed E-state index contributed by atoms with van der Waals surface area (Å²) in [4.78, 5) is 36.6. The molecular weight excluding hydrogens is 851 g/mol. The number of benzene rings is 3. The Balaban J connectivity index is 1.39. The fourth-order valence-electron chi connectivity index (χ4n) is 5.44. The Morgan fingerprint density at radius 1 is 0.525 bits per heavy atom. The maximum absolute atomic E-state index is 13.8. The summed E-state index contributed by atoms with van der Waals surface area (Å²) >= 11 is 0. The molecule has 0 bridgehead atoms. The van der Waals surface area contributed by atoms with E-state index in [2.05, 4.69) is 11.7 Å². The minimum atomic E-state index is -8.11. The van der Waals surface area contributed by atoms with E-state index in [1.165, 1.54) is 24.3 Å². The van der Waals surface area contributed by atoms with E-state index in [1.807, 2.05) is 6.92 Å². The second-order valence-electron chi connectivity index (χ2n) is 13.8. The highest BCUT2D eigenvalue weighted by molar-refractivity contribution is 5.91. The van der Waals surface area contributed by atoms with Crippen molar-refractivity contribution in [2.24, 2.45) is 0 Å². The Bertz CT molecular complexity index is 1880. The lowest BCUT2D eigenvalue weighted by atomic mass is 9.94. The van der Waals surface area contributed by atoms with Gasteiger partial charge >= 0.3 is 53.7 Å². The van der Waals surface area contributed by atoms with Gasteiger partial charge in [0.05, 0.1) is 30.4 Å². The van der Waals surface area contributed by atoms with E-state index in [-0.39, 0.29) is 49.7 Å². The van der Waals surface area contributed by atoms with E-state index in [1.54, 1.807) is 48.5 Å². The van der Waals surface area contributed by atoms with Gasteiger partial charge in [-0.3, -0.25) is 0 Å². The molecule has 0 saturated carbocycles. The van der Waals surface area contributed by atoms with Gasteiger partial charge in [-0.25, -0.2) is 14.4 Å². The first-order chi connectivity index (χ1) is 28.3. The standard InChI is InChI=1S/C41H41F13O7/c1-3-4-5-8-11-26(2)60-33(55)29-14-12-27(13-15-29)28-16-22-32(23-17-28)61-34(56)30-18-20-31(21-19-30)58-24-9-6-7-10-25-59-35(57)36(42,43)37(44,45)38(46,47)39(48,49)40(50,51)41(52,53)54/h12-23,26H,3-11,24-25H2,1-2H3/t26-/m0/s1. The van der Waals surface area contributed by atoms with Crippen LogP contribution in [0.15, 0.2) is 72.8 Å². The van der Waals surface area contributed by atoms with E-state index in [0.717, 1.165) is 43.2 Å². The predicted octanol–water partition coefficient (Wildman–Crippen LogP) is 12.3. The minimum absolute atomic E-state index is 0.0118. The van der Waals surface area contributed by atoms with Crippen molar-refractivity contribution in [3.05, 3.63) is 83.9 Å². The zero-order valence-corrected chi connectivity index (χ0v) is 32.6. The Morgan fingerprint density at radius 3 is 1.52 bits per heavy atom. The number of carbonyl (C=O) groups is 3. The van der Waals surface area contributed by atoms with Crippen molar-refractivity contribution >= 4 is 17.9 Å². The molecule has 3 aromatic carbocycles. The van der Waals surface area contributed by atoms with Crippen molar-refractivity contribution in [3.8, 4) is 22.6 Å². The maximum Gasteiger partial charge on any atom is 0.460 e. The number of carbonyl (C=O) groups excluding carboxylic acids is 3. The quantitative estimate of drug-likeness (QED) is 0.0405. The summed E-state index contributed by atoms with van der Waals surface area (Å²) in [5, 5.41) is 0. The number of hydrogen-bond acceptors (Lipinski definition) is 7. The second-order valence-corrected chi connectivity index (χ2v) is 13.8. The zero-order valence-electron chi connectivity index (χ0n) is 32.6. The van der Waals surface area contributed by atoms with Gasteiger partial charge in [0.15, 0.2) is 0 Å². The second kappa shape index (κ2) is 20.7. The molecule has 0 spiro atoms. The van der Waals surface area contributed by atoms with Crippen LogP contribution in [0.4, 0.5) is 57.1 Å². The van der Waals surface area contributed by atoms with Crippen molar-refractivity contribution in [2.75, 3.05) is 13.2 Å². The third kappa shape index (κ3) is 12.1. The highest BCUT2D eigenvalue weighted by Crippen LogP contribution is 2.60. The Labute approximate surface area is 341 Å². The van der Waals surface area contributed by atoms with Crippen molar-refractivity contribution in [1.29, 1.82) is 0 Å². The molecule has 3 aromatic rings. The molecule has 0 unspecified atom stereocenters. The molecule has 0 aromatic heterocycles. The number of esters is 3. The van der Waals surface area contributed by atoms with Crippen LogP contribution in [-0.4, -0.2) is 73.0 Å². The first kappa shape index (κ1) is 50.3. The predicted molar refractivity (Wildman–Crippen MR) is 193 cm³/mol. The fraction of sp³-hybridized carbons (Fsp3) is 0.488. The van der Waals surface area contributed by atoms with Crippen molar-refractivity contribution in [1.82, 2.24) is 0 Å². The van der Waals surface area contributed by atoms with E-state index in [9.17, 15) is 71.5 Å². The molecular formula is C41H41F13O7. The summed E-state index contributed by atoms with van der Waals surface area (Å²) in [6.07, 6.45) is -2.51. The molecule has 0 saturated heterocycles. The number of rotatable bonds is 23. The van der Waals surface area contributed by atoms with Crippen LogP contribution in [0, 0.1) is 0 Å². The van der Waals surface area contributed by atoms with E-state index >= 15 is 0 Å². The number of alkyl halides is 13. The van der Waals surface area contributed by atoms with Gasteiger partial charge in [0.25, 0.3) is 0 Å². The van der Waals surface area contributed by atoms with Crippen LogP contribution in [0.1, 0.15) is 92.4 Å². The van der Waals surface area contributed by atoms with Crippen LogP contribution in [0.2, 0.25) is 0 Å². The topological polar surface area (TPSA) is 88.1 Å². The average molecular weight is 893 g/mol. The van der Waals surface area contributed by atoms with E-state index < -0.39 is 60.3 Å². The van der Waals surface area contributed by atoms with Gasteiger partial charge in [-0.2, -0.15) is 57.1 Å². The Kier molecular flexibility index (Phi) is 17.1. The third-order valence-corrected chi connectivity index (χ3v) is 9.11. The minimum Gasteiger partial charge on any atom is -0.494 e. The molecule has 7 nitrogen and oxygen atoms in total. The van der Waals surface area contributed by atoms with E-state index in [4.69, 9.17) is 14.2 Å². The molecule has 0 aliphatic heterocycles. The highest BCUT2D eigenvalue weighted by atomic mass is 19.4. The number of unbranched alkanes of at least 4 members (excludes halogenated alkanes) is 6. The normalized spacial score (nSPS) is 13.4. The summed E-state index contributed by atoms with van der Waals surface area (Å²) in [6.45, 7) is 2.87. The average Bonchev–Trinajstić information content (AvgIpc) is 3.20. The first-order valence-electron chi connectivity index (χ1n) is 18.8. The van der Waals surface area contributed by atoms with Crippen molar-refractivity contribution < 1.29 is 90.4 Å². The summed E-state index contributed by atoms with van der Waals surface area (Å²) in [7, 11) is 0. The lowest BCUT2D eigenvalue weighted by Crippen LogP contribution is -2.71. The van der Waals surface area contributed by atoms with Crippen LogP contribution in [-0.2, 0) is 14.3 Å². The molecule has 1 atom stereocenters. The molecule has 0 heterocycles. The number of ether oxygens (including phenoxy) is 4. The summed E-state index contributed by atoms with van der Waals surface area (Å²) in [6, 6.07) is 19.3. The molecule has 0 fully saturated rings. The Hall–Kier alpha value is -5.04. The van der Waals surface area contributed by atoms with Gasteiger partial charge in [0, 0.05) is 0 Å². The van der Waals surface area contributed by atoms with Gasteiger partial charge in [-0.15, -0.1) is 0 Å². The van der Waals surface area contributed by atoms with E-state index in [0.29, 0.717) is 11.3 Å². The molecule has 0 radical (unpaired) electrons.